The van der Waals surface area contributed by atoms with Gasteiger partial charge in [0.1, 0.15) is 11.9 Å². The molecule has 0 radical (unpaired) electrons. The van der Waals surface area contributed by atoms with Gasteiger partial charge in [0.15, 0.2) is 5.69 Å². The number of pyridine rings is 2. The summed E-state index contributed by atoms with van der Waals surface area (Å²) in [5.74, 6) is 0.808. The van der Waals surface area contributed by atoms with Crippen molar-refractivity contribution in [2.45, 2.75) is 18.9 Å². The summed E-state index contributed by atoms with van der Waals surface area (Å²) in [6, 6.07) is 9.97. The van der Waals surface area contributed by atoms with Crippen LogP contribution in [0.4, 0.5) is 11.5 Å². The van der Waals surface area contributed by atoms with Crippen LogP contribution >= 0.6 is 0 Å². The van der Waals surface area contributed by atoms with Crippen LogP contribution in [0.25, 0.3) is 0 Å². The van der Waals surface area contributed by atoms with E-state index in [9.17, 15) is 0 Å². The molecular formula is C15H15N5. The molecule has 20 heavy (non-hydrogen) atoms. The fraction of sp³-hybridized carbons (Fsp3) is 0.267. The van der Waals surface area contributed by atoms with Crippen LogP contribution in [0.15, 0.2) is 36.7 Å². The summed E-state index contributed by atoms with van der Waals surface area (Å²) in [7, 11) is 0. The smallest absolute Gasteiger partial charge is 0.165 e. The zero-order valence-corrected chi connectivity index (χ0v) is 11.0. The van der Waals surface area contributed by atoms with Crippen LogP contribution < -0.4 is 10.6 Å². The van der Waals surface area contributed by atoms with E-state index in [1.807, 2.05) is 24.4 Å². The molecule has 0 aromatic carbocycles. The molecule has 0 bridgehead atoms. The van der Waals surface area contributed by atoms with Gasteiger partial charge in [-0.25, -0.2) is 4.98 Å². The summed E-state index contributed by atoms with van der Waals surface area (Å²) in [5, 5.41) is 9.05. The van der Waals surface area contributed by atoms with Crippen molar-refractivity contribution in [3.05, 3.63) is 47.9 Å². The van der Waals surface area contributed by atoms with E-state index < -0.39 is 0 Å². The number of hydrogen-bond acceptors (Lipinski definition) is 5. The fourth-order valence-electron chi connectivity index (χ4n) is 2.67. The number of nitrogen functional groups attached to an aromatic ring is 1. The molecule has 1 saturated heterocycles. The molecule has 3 heterocycles. The summed E-state index contributed by atoms with van der Waals surface area (Å²) in [4.78, 5) is 10.8. The second-order valence-corrected chi connectivity index (χ2v) is 4.86. The van der Waals surface area contributed by atoms with E-state index in [0.29, 0.717) is 11.4 Å². The molecule has 0 spiro atoms. The van der Waals surface area contributed by atoms with E-state index >= 15 is 0 Å². The van der Waals surface area contributed by atoms with E-state index in [0.717, 1.165) is 25.2 Å². The zero-order valence-electron chi connectivity index (χ0n) is 11.0. The molecule has 5 heteroatoms. The monoisotopic (exact) mass is 265 g/mol. The van der Waals surface area contributed by atoms with Crippen molar-refractivity contribution in [1.29, 1.82) is 5.26 Å². The molecule has 0 saturated carbocycles. The first kappa shape index (κ1) is 12.4. The van der Waals surface area contributed by atoms with Gasteiger partial charge in [-0.2, -0.15) is 5.26 Å². The third-order valence-corrected chi connectivity index (χ3v) is 3.63. The maximum absolute atomic E-state index is 9.05. The molecule has 1 fully saturated rings. The minimum Gasteiger partial charge on any atom is -0.396 e. The van der Waals surface area contributed by atoms with Gasteiger partial charge < -0.3 is 10.6 Å². The van der Waals surface area contributed by atoms with Crippen LogP contribution in [0.1, 0.15) is 30.1 Å². The minimum atomic E-state index is 0.270. The van der Waals surface area contributed by atoms with Crippen LogP contribution in [0.2, 0.25) is 0 Å². The summed E-state index contributed by atoms with van der Waals surface area (Å²) in [6.07, 6.45) is 5.84. The minimum absolute atomic E-state index is 0.270. The summed E-state index contributed by atoms with van der Waals surface area (Å²) >= 11 is 0. The highest BCUT2D eigenvalue weighted by Crippen LogP contribution is 2.35. The summed E-state index contributed by atoms with van der Waals surface area (Å²) in [6.45, 7) is 0.932. The Labute approximate surface area is 117 Å². The van der Waals surface area contributed by atoms with Crippen LogP contribution in [0.3, 0.4) is 0 Å². The van der Waals surface area contributed by atoms with Crippen molar-refractivity contribution in [2.75, 3.05) is 17.2 Å². The van der Waals surface area contributed by atoms with Crippen molar-refractivity contribution in [3.8, 4) is 6.07 Å². The number of anilines is 2. The number of nitrogens with two attached hydrogens (primary N) is 1. The molecule has 0 aliphatic carbocycles. The Hall–Kier alpha value is -2.61. The fourth-order valence-corrected chi connectivity index (χ4v) is 2.67. The van der Waals surface area contributed by atoms with E-state index in [-0.39, 0.29) is 6.04 Å². The number of aromatic nitrogens is 2. The molecule has 3 rings (SSSR count). The topological polar surface area (TPSA) is 78.8 Å². The van der Waals surface area contributed by atoms with Gasteiger partial charge >= 0.3 is 0 Å². The third kappa shape index (κ3) is 2.16. The number of nitrogens with zero attached hydrogens (tertiary/aromatic N) is 4. The molecule has 1 unspecified atom stereocenters. The molecule has 1 aliphatic heterocycles. The van der Waals surface area contributed by atoms with Crippen LogP contribution in [0, 0.1) is 11.3 Å². The van der Waals surface area contributed by atoms with Crippen molar-refractivity contribution < 1.29 is 0 Å². The number of rotatable bonds is 2. The van der Waals surface area contributed by atoms with Gasteiger partial charge in [0, 0.05) is 18.9 Å². The predicted molar refractivity (Wildman–Crippen MR) is 76.9 cm³/mol. The average molecular weight is 265 g/mol. The predicted octanol–water partition coefficient (Wildman–Crippen LogP) is 2.27. The quantitative estimate of drug-likeness (QED) is 0.901. The lowest BCUT2D eigenvalue weighted by Gasteiger charge is -2.26. The number of hydrogen-bond donors (Lipinski definition) is 1. The molecule has 2 aromatic rings. The molecule has 0 amide bonds. The average Bonchev–Trinajstić information content (AvgIpc) is 2.98. The lowest BCUT2D eigenvalue weighted by molar-refractivity contribution is 0.708. The molecule has 1 atom stereocenters. The summed E-state index contributed by atoms with van der Waals surface area (Å²) < 4.78 is 0. The van der Waals surface area contributed by atoms with Gasteiger partial charge in [-0.3, -0.25) is 4.98 Å². The van der Waals surface area contributed by atoms with Gasteiger partial charge in [0.2, 0.25) is 0 Å². The molecular weight excluding hydrogens is 250 g/mol. The molecule has 2 N–H and O–H groups in total. The Morgan fingerprint density at radius 2 is 2.25 bits per heavy atom. The first-order valence-electron chi connectivity index (χ1n) is 6.63. The molecule has 2 aromatic heterocycles. The van der Waals surface area contributed by atoms with E-state index in [2.05, 4.69) is 20.9 Å². The Kier molecular flexibility index (Phi) is 3.21. The van der Waals surface area contributed by atoms with Crippen molar-refractivity contribution in [3.63, 3.8) is 0 Å². The maximum atomic E-state index is 9.05. The van der Waals surface area contributed by atoms with Gasteiger partial charge in [0.05, 0.1) is 11.7 Å². The second-order valence-electron chi connectivity index (χ2n) is 4.86. The van der Waals surface area contributed by atoms with Crippen LogP contribution in [-0.2, 0) is 0 Å². The Morgan fingerprint density at radius 3 is 3.00 bits per heavy atom. The van der Waals surface area contributed by atoms with E-state index in [1.54, 1.807) is 12.3 Å². The lowest BCUT2D eigenvalue weighted by Crippen LogP contribution is -2.24. The number of nitriles is 1. The highest BCUT2D eigenvalue weighted by Gasteiger charge is 2.27. The van der Waals surface area contributed by atoms with Crippen molar-refractivity contribution >= 4 is 11.5 Å². The van der Waals surface area contributed by atoms with Gasteiger partial charge in [-0.05, 0) is 36.6 Å². The Morgan fingerprint density at radius 1 is 1.35 bits per heavy atom. The van der Waals surface area contributed by atoms with Crippen LogP contribution in [0.5, 0.6) is 0 Å². The summed E-state index contributed by atoms with van der Waals surface area (Å²) in [5.41, 5.74) is 7.63. The first-order chi connectivity index (χ1) is 9.79. The normalized spacial score (nSPS) is 17.9. The highest BCUT2D eigenvalue weighted by molar-refractivity contribution is 5.56. The van der Waals surface area contributed by atoms with Gasteiger partial charge in [-0.15, -0.1) is 0 Å². The lowest BCUT2D eigenvalue weighted by atomic mass is 10.1. The highest BCUT2D eigenvalue weighted by atomic mass is 15.2. The molecule has 5 nitrogen and oxygen atoms in total. The second kappa shape index (κ2) is 5.17. The van der Waals surface area contributed by atoms with Gasteiger partial charge in [-0.1, -0.05) is 6.07 Å². The first-order valence-corrected chi connectivity index (χ1v) is 6.63. The van der Waals surface area contributed by atoms with Gasteiger partial charge in [0.25, 0.3) is 0 Å². The SMILES string of the molecule is N#Cc1nc(N2CCCC2c2cccnc2)ccc1N. The Balaban J connectivity index is 1.95. The molecule has 1 aliphatic rings. The zero-order chi connectivity index (χ0) is 13.9. The van der Waals surface area contributed by atoms with Crippen molar-refractivity contribution in [2.24, 2.45) is 0 Å². The largest absolute Gasteiger partial charge is 0.396 e. The standard InChI is InChI=1S/C15H15N5/c16-9-13-12(17)5-6-15(19-13)20-8-2-4-14(20)11-3-1-7-18-10-11/h1,3,5-7,10,14H,2,4,8,17H2. The van der Waals surface area contributed by atoms with E-state index in [4.69, 9.17) is 11.0 Å². The maximum Gasteiger partial charge on any atom is 0.165 e. The van der Waals surface area contributed by atoms with Crippen molar-refractivity contribution in [1.82, 2.24) is 9.97 Å². The van der Waals surface area contributed by atoms with Crippen LogP contribution in [-0.4, -0.2) is 16.5 Å². The molecule has 100 valence electrons. The van der Waals surface area contributed by atoms with E-state index in [1.165, 1.54) is 5.56 Å². The third-order valence-electron chi connectivity index (χ3n) is 3.63. The Bertz CT molecular complexity index is 647.